The minimum absolute atomic E-state index is 0.154. The first-order chi connectivity index (χ1) is 9.02. The molecule has 0 aliphatic carbocycles. The van der Waals surface area contributed by atoms with Gasteiger partial charge in [-0.05, 0) is 31.5 Å². The van der Waals surface area contributed by atoms with Crippen molar-refractivity contribution in [3.05, 3.63) is 29.8 Å². The summed E-state index contributed by atoms with van der Waals surface area (Å²) in [5, 5.41) is 3.21. The second kappa shape index (κ2) is 8.23. The molecular weight excluding hydrogens is 258 g/mol. The molecule has 1 unspecified atom stereocenters. The largest absolute Gasteiger partial charge is 0.465 e. The van der Waals surface area contributed by atoms with Crippen LogP contribution in [0, 0.1) is 0 Å². The fourth-order valence-corrected chi connectivity index (χ4v) is 2.51. The van der Waals surface area contributed by atoms with E-state index in [1.807, 2.05) is 26.0 Å². The molecule has 0 saturated carbocycles. The third-order valence-electron chi connectivity index (χ3n) is 2.54. The van der Waals surface area contributed by atoms with Gasteiger partial charge >= 0.3 is 5.97 Å². The van der Waals surface area contributed by atoms with Crippen LogP contribution in [0.25, 0.3) is 0 Å². The Morgan fingerprint density at radius 1 is 1.37 bits per heavy atom. The maximum absolute atomic E-state index is 11.6. The molecule has 0 saturated heterocycles. The van der Waals surface area contributed by atoms with E-state index < -0.39 is 0 Å². The van der Waals surface area contributed by atoms with Gasteiger partial charge < -0.3 is 10.1 Å². The average molecular weight is 281 g/mol. The molecule has 0 aliphatic rings. The van der Waals surface area contributed by atoms with E-state index in [1.54, 1.807) is 0 Å². The number of hydrogen-bond acceptors (Lipinski definition) is 4. The van der Waals surface area contributed by atoms with Gasteiger partial charge in [0, 0.05) is 17.5 Å². The van der Waals surface area contributed by atoms with Gasteiger partial charge in [0.2, 0.25) is 0 Å². The smallest absolute Gasteiger partial charge is 0.319 e. The zero-order chi connectivity index (χ0) is 14.3. The highest BCUT2D eigenvalue weighted by atomic mass is 32.2. The van der Waals surface area contributed by atoms with Crippen molar-refractivity contribution in [3.8, 4) is 0 Å². The van der Waals surface area contributed by atoms with Crippen LogP contribution in [-0.4, -0.2) is 23.9 Å². The Morgan fingerprint density at radius 3 is 2.74 bits per heavy atom. The molecule has 0 aromatic heterocycles. The highest BCUT2D eigenvalue weighted by Crippen LogP contribution is 2.24. The first-order valence-electron chi connectivity index (χ1n) is 6.68. The fraction of sp³-hybridized carbons (Fsp3) is 0.533. The molecule has 106 valence electrons. The predicted octanol–water partition coefficient (Wildman–Crippen LogP) is 3.23. The van der Waals surface area contributed by atoms with Crippen LogP contribution in [-0.2, 0) is 16.1 Å². The molecule has 1 atom stereocenters. The van der Waals surface area contributed by atoms with Crippen LogP contribution in [0.15, 0.2) is 29.2 Å². The standard InChI is InChI=1S/C15H23NO2S/c1-5-18-15(17)12(4)19-14-8-6-7-13(9-14)10-16-11(2)3/h6-9,11-12,16H,5,10H2,1-4H3. The van der Waals surface area contributed by atoms with Crippen LogP contribution in [0.3, 0.4) is 0 Å². The number of thioether (sulfide) groups is 1. The lowest BCUT2D eigenvalue weighted by molar-refractivity contribution is -0.142. The Morgan fingerprint density at radius 2 is 2.11 bits per heavy atom. The fourth-order valence-electron chi connectivity index (χ4n) is 1.56. The molecule has 0 fully saturated rings. The molecule has 3 nitrogen and oxygen atoms in total. The number of hydrogen-bond donors (Lipinski definition) is 1. The van der Waals surface area contributed by atoms with E-state index in [0.29, 0.717) is 12.6 Å². The normalized spacial score (nSPS) is 12.5. The Labute approximate surface area is 120 Å². The van der Waals surface area contributed by atoms with Gasteiger partial charge in [0.15, 0.2) is 0 Å². The van der Waals surface area contributed by atoms with Gasteiger partial charge in [0.25, 0.3) is 0 Å². The zero-order valence-corrected chi connectivity index (χ0v) is 12.9. The lowest BCUT2D eigenvalue weighted by Gasteiger charge is -2.12. The number of carbonyl (C=O) groups excluding carboxylic acids is 1. The van der Waals surface area contributed by atoms with E-state index in [9.17, 15) is 4.79 Å². The van der Waals surface area contributed by atoms with Crippen LogP contribution in [0.1, 0.15) is 33.3 Å². The third kappa shape index (κ3) is 6.12. The second-order valence-electron chi connectivity index (χ2n) is 4.70. The van der Waals surface area contributed by atoms with E-state index >= 15 is 0 Å². The van der Waals surface area contributed by atoms with E-state index in [4.69, 9.17) is 4.74 Å². The van der Waals surface area contributed by atoms with E-state index in [0.717, 1.165) is 11.4 Å². The minimum Gasteiger partial charge on any atom is -0.465 e. The molecule has 0 amide bonds. The molecule has 4 heteroatoms. The van der Waals surface area contributed by atoms with Gasteiger partial charge in [-0.2, -0.15) is 0 Å². The lowest BCUT2D eigenvalue weighted by atomic mass is 10.2. The van der Waals surface area contributed by atoms with Gasteiger partial charge in [0.05, 0.1) is 6.61 Å². The van der Waals surface area contributed by atoms with Crippen molar-refractivity contribution in [2.24, 2.45) is 0 Å². The minimum atomic E-state index is -0.173. The number of rotatable bonds is 7. The number of esters is 1. The summed E-state index contributed by atoms with van der Waals surface area (Å²) in [6.07, 6.45) is 0. The first kappa shape index (κ1) is 16.1. The summed E-state index contributed by atoms with van der Waals surface area (Å²) in [7, 11) is 0. The van der Waals surface area contributed by atoms with E-state index in [1.165, 1.54) is 17.3 Å². The molecule has 19 heavy (non-hydrogen) atoms. The van der Waals surface area contributed by atoms with Crippen molar-refractivity contribution < 1.29 is 9.53 Å². The van der Waals surface area contributed by atoms with Crippen LogP contribution >= 0.6 is 11.8 Å². The van der Waals surface area contributed by atoms with Crippen molar-refractivity contribution >= 4 is 17.7 Å². The summed E-state index contributed by atoms with van der Waals surface area (Å²) >= 11 is 1.54. The van der Waals surface area contributed by atoms with Crippen molar-refractivity contribution in [2.75, 3.05) is 6.61 Å². The number of ether oxygens (including phenoxy) is 1. The summed E-state index contributed by atoms with van der Waals surface area (Å²) in [5.74, 6) is -0.154. The highest BCUT2D eigenvalue weighted by Gasteiger charge is 2.15. The summed E-state index contributed by atoms with van der Waals surface area (Å²) in [5.41, 5.74) is 1.23. The van der Waals surface area contributed by atoms with Crippen molar-refractivity contribution in [3.63, 3.8) is 0 Å². The van der Waals surface area contributed by atoms with Crippen LogP contribution < -0.4 is 5.32 Å². The predicted molar refractivity (Wildman–Crippen MR) is 80.4 cm³/mol. The Balaban J connectivity index is 2.58. The molecular formula is C15H23NO2S. The SMILES string of the molecule is CCOC(=O)C(C)Sc1cccc(CNC(C)C)c1. The van der Waals surface area contributed by atoms with Crippen molar-refractivity contribution in [2.45, 2.75) is 50.4 Å². The summed E-state index contributed by atoms with van der Waals surface area (Å²) < 4.78 is 5.01. The molecule has 0 spiro atoms. The van der Waals surface area contributed by atoms with Gasteiger partial charge in [-0.3, -0.25) is 4.79 Å². The maximum Gasteiger partial charge on any atom is 0.319 e. The van der Waals surface area contributed by atoms with Crippen molar-refractivity contribution in [1.29, 1.82) is 0 Å². The topological polar surface area (TPSA) is 38.3 Å². The van der Waals surface area contributed by atoms with E-state index in [-0.39, 0.29) is 11.2 Å². The molecule has 0 radical (unpaired) electrons. The average Bonchev–Trinajstić information content (AvgIpc) is 2.37. The molecule has 1 aromatic rings. The number of benzene rings is 1. The van der Waals surface area contributed by atoms with Crippen LogP contribution in [0.2, 0.25) is 0 Å². The monoisotopic (exact) mass is 281 g/mol. The molecule has 0 aliphatic heterocycles. The molecule has 0 heterocycles. The third-order valence-corrected chi connectivity index (χ3v) is 3.62. The van der Waals surface area contributed by atoms with Gasteiger partial charge in [0.1, 0.15) is 5.25 Å². The molecule has 1 N–H and O–H groups in total. The van der Waals surface area contributed by atoms with Gasteiger partial charge in [-0.1, -0.05) is 26.0 Å². The molecule has 1 rings (SSSR count). The lowest BCUT2D eigenvalue weighted by Crippen LogP contribution is -2.21. The molecule has 1 aromatic carbocycles. The van der Waals surface area contributed by atoms with Gasteiger partial charge in [-0.15, -0.1) is 11.8 Å². The van der Waals surface area contributed by atoms with E-state index in [2.05, 4.69) is 31.3 Å². The Bertz CT molecular complexity index is 407. The van der Waals surface area contributed by atoms with Gasteiger partial charge in [-0.25, -0.2) is 0 Å². The van der Waals surface area contributed by atoms with Crippen LogP contribution in [0.5, 0.6) is 0 Å². The number of carbonyl (C=O) groups is 1. The van der Waals surface area contributed by atoms with Crippen LogP contribution in [0.4, 0.5) is 0 Å². The summed E-state index contributed by atoms with van der Waals surface area (Å²) in [6, 6.07) is 8.73. The first-order valence-corrected chi connectivity index (χ1v) is 7.56. The number of nitrogens with one attached hydrogen (secondary N) is 1. The molecule has 0 bridgehead atoms. The quantitative estimate of drug-likeness (QED) is 0.615. The summed E-state index contributed by atoms with van der Waals surface area (Å²) in [6.45, 7) is 9.24. The Kier molecular flexibility index (Phi) is 6.95. The summed E-state index contributed by atoms with van der Waals surface area (Å²) in [4.78, 5) is 12.7. The zero-order valence-electron chi connectivity index (χ0n) is 12.1. The highest BCUT2D eigenvalue weighted by molar-refractivity contribution is 8.00. The van der Waals surface area contributed by atoms with Crippen molar-refractivity contribution in [1.82, 2.24) is 5.32 Å². The second-order valence-corrected chi connectivity index (χ2v) is 6.11. The maximum atomic E-state index is 11.6. The Hall–Kier alpha value is -1.00.